The van der Waals surface area contributed by atoms with Crippen LogP contribution in [0.4, 0.5) is 5.69 Å². The smallest absolute Gasteiger partial charge is 0.163 e. The number of fused-ring (bicyclic) bond motifs is 1. The number of anilines is 1. The number of ether oxygens (including phenoxy) is 2. The van der Waals surface area contributed by atoms with Crippen molar-refractivity contribution in [1.82, 2.24) is 0 Å². The van der Waals surface area contributed by atoms with Crippen LogP contribution in [-0.2, 0) is 0 Å². The second-order valence-electron chi connectivity index (χ2n) is 5.24. The minimum absolute atomic E-state index is 0.528. The molecule has 3 nitrogen and oxygen atoms in total. The molecule has 2 aliphatic rings. The van der Waals surface area contributed by atoms with Crippen LogP contribution in [0.5, 0.6) is 11.5 Å². The standard InChI is InChI=1S/C14H18ClNO2/c1-9-2-3-10(6-9)16-12-8-14-13(7-11(12)15)17-4-5-18-14/h7-10,16H,2-6H2,1H3. The zero-order chi connectivity index (χ0) is 12.5. The second-order valence-corrected chi connectivity index (χ2v) is 5.64. The molecule has 1 N–H and O–H groups in total. The van der Waals surface area contributed by atoms with Gasteiger partial charge in [0.05, 0.1) is 10.7 Å². The van der Waals surface area contributed by atoms with Crippen LogP contribution in [0.25, 0.3) is 0 Å². The summed E-state index contributed by atoms with van der Waals surface area (Å²) in [7, 11) is 0. The van der Waals surface area contributed by atoms with Crippen molar-refractivity contribution in [2.75, 3.05) is 18.5 Å². The number of nitrogens with one attached hydrogen (secondary N) is 1. The Morgan fingerprint density at radius 3 is 2.56 bits per heavy atom. The predicted octanol–water partition coefficient (Wildman–Crippen LogP) is 3.71. The summed E-state index contributed by atoms with van der Waals surface area (Å²) in [6, 6.07) is 4.33. The van der Waals surface area contributed by atoms with E-state index in [0.717, 1.165) is 23.1 Å². The SMILES string of the molecule is CC1CCC(Nc2cc3c(cc2Cl)OCCO3)C1. The van der Waals surface area contributed by atoms with Crippen LogP contribution in [0.2, 0.25) is 5.02 Å². The molecule has 1 aromatic carbocycles. The fourth-order valence-corrected chi connectivity index (χ4v) is 2.94. The molecule has 98 valence electrons. The molecule has 1 fully saturated rings. The predicted molar refractivity (Wildman–Crippen MR) is 72.9 cm³/mol. The zero-order valence-electron chi connectivity index (χ0n) is 10.5. The summed E-state index contributed by atoms with van der Waals surface area (Å²) in [5, 5.41) is 4.23. The summed E-state index contributed by atoms with van der Waals surface area (Å²) in [5.41, 5.74) is 0.958. The quantitative estimate of drug-likeness (QED) is 0.886. The highest BCUT2D eigenvalue weighted by Gasteiger charge is 2.23. The van der Waals surface area contributed by atoms with Crippen molar-refractivity contribution in [2.24, 2.45) is 5.92 Å². The lowest BCUT2D eigenvalue weighted by Crippen LogP contribution is -2.18. The van der Waals surface area contributed by atoms with E-state index in [1.165, 1.54) is 19.3 Å². The highest BCUT2D eigenvalue weighted by atomic mass is 35.5. The lowest BCUT2D eigenvalue weighted by molar-refractivity contribution is 0.171. The van der Waals surface area contributed by atoms with E-state index in [2.05, 4.69) is 12.2 Å². The van der Waals surface area contributed by atoms with Crippen LogP contribution in [0, 0.1) is 5.92 Å². The number of halogens is 1. The van der Waals surface area contributed by atoms with Gasteiger partial charge in [0.1, 0.15) is 13.2 Å². The molecule has 1 saturated carbocycles. The summed E-state index contributed by atoms with van der Waals surface area (Å²) in [5.74, 6) is 2.34. The van der Waals surface area contributed by atoms with Gasteiger partial charge in [-0.15, -0.1) is 0 Å². The van der Waals surface area contributed by atoms with E-state index in [0.29, 0.717) is 24.3 Å². The summed E-state index contributed by atoms with van der Waals surface area (Å²) in [6.07, 6.45) is 3.72. The fraction of sp³-hybridized carbons (Fsp3) is 0.571. The highest BCUT2D eigenvalue weighted by Crippen LogP contribution is 2.39. The van der Waals surface area contributed by atoms with E-state index in [1.807, 2.05) is 12.1 Å². The summed E-state index contributed by atoms with van der Waals surface area (Å²) in [6.45, 7) is 3.50. The Bertz CT molecular complexity index is 450. The third-order valence-corrected chi connectivity index (χ3v) is 4.00. The number of hydrogen-bond donors (Lipinski definition) is 1. The topological polar surface area (TPSA) is 30.5 Å². The first-order chi connectivity index (χ1) is 8.72. The lowest BCUT2D eigenvalue weighted by atomic mass is 10.1. The Morgan fingerprint density at radius 2 is 1.89 bits per heavy atom. The molecule has 0 aromatic heterocycles. The molecule has 1 aliphatic heterocycles. The Hall–Kier alpha value is -1.09. The third-order valence-electron chi connectivity index (χ3n) is 3.69. The van der Waals surface area contributed by atoms with Gasteiger partial charge in [-0.25, -0.2) is 0 Å². The first kappa shape index (κ1) is 12.0. The van der Waals surface area contributed by atoms with Gasteiger partial charge in [0.2, 0.25) is 0 Å². The maximum atomic E-state index is 6.28. The first-order valence-corrected chi connectivity index (χ1v) is 6.96. The highest BCUT2D eigenvalue weighted by molar-refractivity contribution is 6.33. The summed E-state index contributed by atoms with van der Waals surface area (Å²) in [4.78, 5) is 0. The van der Waals surface area contributed by atoms with Crippen LogP contribution in [0.1, 0.15) is 26.2 Å². The van der Waals surface area contributed by atoms with E-state index < -0.39 is 0 Å². The molecular formula is C14H18ClNO2. The maximum Gasteiger partial charge on any atom is 0.163 e. The molecule has 4 heteroatoms. The van der Waals surface area contributed by atoms with Gasteiger partial charge in [0.25, 0.3) is 0 Å². The van der Waals surface area contributed by atoms with E-state index >= 15 is 0 Å². The van der Waals surface area contributed by atoms with Gasteiger partial charge < -0.3 is 14.8 Å². The Kier molecular flexibility index (Phi) is 3.25. The fourth-order valence-electron chi connectivity index (χ4n) is 2.73. The van der Waals surface area contributed by atoms with Crippen molar-refractivity contribution >= 4 is 17.3 Å². The molecule has 0 saturated heterocycles. The Labute approximate surface area is 112 Å². The van der Waals surface area contributed by atoms with Gasteiger partial charge >= 0.3 is 0 Å². The van der Waals surface area contributed by atoms with Gasteiger partial charge in [-0.05, 0) is 25.2 Å². The van der Waals surface area contributed by atoms with Crippen molar-refractivity contribution in [3.8, 4) is 11.5 Å². The van der Waals surface area contributed by atoms with Crippen molar-refractivity contribution in [3.05, 3.63) is 17.2 Å². The Morgan fingerprint density at radius 1 is 1.17 bits per heavy atom. The van der Waals surface area contributed by atoms with Gasteiger partial charge in [-0.3, -0.25) is 0 Å². The minimum atomic E-state index is 0.528. The van der Waals surface area contributed by atoms with Gasteiger partial charge in [0.15, 0.2) is 11.5 Å². The van der Waals surface area contributed by atoms with Crippen molar-refractivity contribution in [2.45, 2.75) is 32.2 Å². The second kappa shape index (κ2) is 4.88. The molecule has 1 aliphatic carbocycles. The van der Waals surface area contributed by atoms with Crippen LogP contribution < -0.4 is 14.8 Å². The van der Waals surface area contributed by atoms with Crippen molar-refractivity contribution in [1.29, 1.82) is 0 Å². The normalized spacial score (nSPS) is 26.1. The monoisotopic (exact) mass is 267 g/mol. The molecule has 0 radical (unpaired) electrons. The molecular weight excluding hydrogens is 250 g/mol. The van der Waals surface area contributed by atoms with Crippen LogP contribution in [-0.4, -0.2) is 19.3 Å². The van der Waals surface area contributed by atoms with Gasteiger partial charge in [-0.2, -0.15) is 0 Å². The maximum absolute atomic E-state index is 6.28. The average molecular weight is 268 g/mol. The summed E-state index contributed by atoms with van der Waals surface area (Å²) < 4.78 is 11.1. The average Bonchev–Trinajstić information content (AvgIpc) is 2.76. The minimum Gasteiger partial charge on any atom is -0.486 e. The largest absolute Gasteiger partial charge is 0.486 e. The molecule has 3 rings (SSSR count). The first-order valence-electron chi connectivity index (χ1n) is 6.58. The molecule has 18 heavy (non-hydrogen) atoms. The molecule has 0 amide bonds. The third kappa shape index (κ3) is 2.37. The van der Waals surface area contributed by atoms with Gasteiger partial charge in [0, 0.05) is 18.2 Å². The van der Waals surface area contributed by atoms with Crippen LogP contribution in [0.3, 0.4) is 0 Å². The van der Waals surface area contributed by atoms with E-state index in [9.17, 15) is 0 Å². The van der Waals surface area contributed by atoms with Crippen LogP contribution in [0.15, 0.2) is 12.1 Å². The molecule has 1 heterocycles. The summed E-state index contributed by atoms with van der Waals surface area (Å²) >= 11 is 6.28. The zero-order valence-corrected chi connectivity index (χ0v) is 11.3. The molecule has 0 bridgehead atoms. The lowest BCUT2D eigenvalue weighted by Gasteiger charge is -2.21. The molecule has 2 atom stereocenters. The number of hydrogen-bond acceptors (Lipinski definition) is 3. The van der Waals surface area contributed by atoms with E-state index in [1.54, 1.807) is 0 Å². The van der Waals surface area contributed by atoms with Gasteiger partial charge in [-0.1, -0.05) is 18.5 Å². The number of rotatable bonds is 2. The molecule has 2 unspecified atom stereocenters. The van der Waals surface area contributed by atoms with Crippen LogP contribution >= 0.6 is 11.6 Å². The van der Waals surface area contributed by atoms with E-state index in [-0.39, 0.29) is 0 Å². The molecule has 1 aromatic rings. The van der Waals surface area contributed by atoms with E-state index in [4.69, 9.17) is 21.1 Å². The Balaban J connectivity index is 1.79. The van der Waals surface area contributed by atoms with Crippen molar-refractivity contribution in [3.63, 3.8) is 0 Å². The molecule has 0 spiro atoms. The van der Waals surface area contributed by atoms with Crippen molar-refractivity contribution < 1.29 is 9.47 Å². The number of benzene rings is 1.